The second-order valence-corrected chi connectivity index (χ2v) is 5.46. The average molecular weight is 277 g/mol. The van der Waals surface area contributed by atoms with Crippen LogP contribution in [0.2, 0.25) is 0 Å². The summed E-state index contributed by atoms with van der Waals surface area (Å²) in [5.74, 6) is 0.681. The number of likely N-dealkylation sites (tertiary alicyclic amines) is 1. The maximum atomic E-state index is 11.2. The van der Waals surface area contributed by atoms with Gasteiger partial charge in [0, 0.05) is 18.8 Å². The summed E-state index contributed by atoms with van der Waals surface area (Å²) in [6.45, 7) is 6.48. The van der Waals surface area contributed by atoms with E-state index in [1.165, 1.54) is 0 Å². The number of carboxylic acids is 1. The van der Waals surface area contributed by atoms with Gasteiger partial charge in [-0.3, -0.25) is 9.69 Å². The van der Waals surface area contributed by atoms with Gasteiger partial charge in [0.2, 0.25) is 0 Å². The van der Waals surface area contributed by atoms with Crippen molar-refractivity contribution in [2.75, 3.05) is 25.0 Å². The van der Waals surface area contributed by atoms with Crippen LogP contribution in [0.4, 0.5) is 5.82 Å². The first-order valence-corrected chi connectivity index (χ1v) is 7.24. The summed E-state index contributed by atoms with van der Waals surface area (Å²) < 4.78 is 0. The highest BCUT2D eigenvalue weighted by molar-refractivity contribution is 5.73. The standard InChI is InChI=1S/C15H23N3O2/c1-3-13(15(19)20)18-8-7-12(10-18)9-16-14-6-4-5-11(2)17-14/h4-6,12-13H,3,7-10H2,1-2H3,(H,16,17)(H,19,20)/t12-,13-/m1/s1. The summed E-state index contributed by atoms with van der Waals surface area (Å²) in [5.41, 5.74) is 1.000. The molecule has 0 saturated carbocycles. The van der Waals surface area contributed by atoms with Crippen LogP contribution in [-0.4, -0.2) is 46.6 Å². The van der Waals surface area contributed by atoms with Crippen LogP contribution in [0.5, 0.6) is 0 Å². The Hall–Kier alpha value is -1.62. The summed E-state index contributed by atoms with van der Waals surface area (Å²) in [6, 6.07) is 5.59. The van der Waals surface area contributed by atoms with Crippen molar-refractivity contribution in [2.45, 2.75) is 32.7 Å². The minimum Gasteiger partial charge on any atom is -0.480 e. The van der Waals surface area contributed by atoms with Gasteiger partial charge in [-0.15, -0.1) is 0 Å². The van der Waals surface area contributed by atoms with Crippen molar-refractivity contribution in [2.24, 2.45) is 5.92 Å². The molecule has 0 radical (unpaired) electrons. The number of anilines is 1. The molecule has 1 fully saturated rings. The zero-order valence-electron chi connectivity index (χ0n) is 12.2. The Morgan fingerprint density at radius 1 is 1.60 bits per heavy atom. The van der Waals surface area contributed by atoms with Crippen molar-refractivity contribution in [1.82, 2.24) is 9.88 Å². The van der Waals surface area contributed by atoms with Gasteiger partial charge in [-0.05, 0) is 44.4 Å². The van der Waals surface area contributed by atoms with Gasteiger partial charge in [-0.1, -0.05) is 13.0 Å². The van der Waals surface area contributed by atoms with Crippen molar-refractivity contribution in [3.8, 4) is 0 Å². The van der Waals surface area contributed by atoms with Crippen molar-refractivity contribution in [3.63, 3.8) is 0 Å². The Morgan fingerprint density at radius 2 is 2.40 bits per heavy atom. The lowest BCUT2D eigenvalue weighted by atomic mass is 10.1. The molecule has 0 bridgehead atoms. The Bertz CT molecular complexity index is 464. The molecule has 2 atom stereocenters. The molecular formula is C15H23N3O2. The molecule has 0 unspecified atom stereocenters. The van der Waals surface area contributed by atoms with Crippen LogP contribution in [-0.2, 0) is 4.79 Å². The largest absolute Gasteiger partial charge is 0.480 e. The Labute approximate surface area is 120 Å². The molecule has 0 amide bonds. The molecule has 5 heteroatoms. The van der Waals surface area contributed by atoms with Gasteiger partial charge in [-0.2, -0.15) is 0 Å². The molecule has 0 aromatic carbocycles. The lowest BCUT2D eigenvalue weighted by Crippen LogP contribution is -2.39. The Morgan fingerprint density at radius 3 is 3.05 bits per heavy atom. The third-order valence-corrected chi connectivity index (χ3v) is 3.89. The number of hydrogen-bond donors (Lipinski definition) is 2. The second kappa shape index (κ2) is 6.70. The van der Waals surface area contributed by atoms with Crippen molar-refractivity contribution >= 4 is 11.8 Å². The molecule has 1 aromatic rings. The number of nitrogens with zero attached hydrogens (tertiary/aromatic N) is 2. The number of carboxylic acid groups (broad SMARTS) is 1. The maximum Gasteiger partial charge on any atom is 0.320 e. The molecule has 1 aliphatic heterocycles. The lowest BCUT2D eigenvalue weighted by Gasteiger charge is -2.23. The predicted octanol–water partition coefficient (Wildman–Crippen LogP) is 1.99. The molecule has 1 aromatic heterocycles. The summed E-state index contributed by atoms with van der Waals surface area (Å²) >= 11 is 0. The van der Waals surface area contributed by atoms with Crippen LogP contribution >= 0.6 is 0 Å². The number of aryl methyl sites for hydroxylation is 1. The average Bonchev–Trinajstić information content (AvgIpc) is 2.85. The number of nitrogens with one attached hydrogen (secondary N) is 1. The first-order chi connectivity index (χ1) is 9.60. The fourth-order valence-electron chi connectivity index (χ4n) is 2.79. The summed E-state index contributed by atoms with van der Waals surface area (Å²) in [7, 11) is 0. The maximum absolute atomic E-state index is 11.2. The van der Waals surface area contributed by atoms with Crippen LogP contribution in [0.25, 0.3) is 0 Å². The highest BCUT2D eigenvalue weighted by Gasteiger charge is 2.30. The number of rotatable bonds is 6. The summed E-state index contributed by atoms with van der Waals surface area (Å²) in [6.07, 6.45) is 1.71. The SMILES string of the molecule is CC[C@H](C(=O)O)N1CC[C@H](CNc2cccc(C)n2)C1. The van der Waals surface area contributed by atoms with E-state index in [2.05, 4.69) is 15.2 Å². The zero-order chi connectivity index (χ0) is 14.5. The van der Waals surface area contributed by atoms with E-state index in [1.54, 1.807) is 0 Å². The Balaban J connectivity index is 1.83. The van der Waals surface area contributed by atoms with Gasteiger partial charge in [-0.25, -0.2) is 4.98 Å². The first-order valence-electron chi connectivity index (χ1n) is 7.24. The quantitative estimate of drug-likeness (QED) is 0.832. The molecule has 1 saturated heterocycles. The number of carbonyl (C=O) groups is 1. The van der Waals surface area contributed by atoms with Gasteiger partial charge in [0.25, 0.3) is 0 Å². The van der Waals surface area contributed by atoms with Crippen molar-refractivity contribution in [3.05, 3.63) is 23.9 Å². The molecule has 2 heterocycles. The fraction of sp³-hybridized carbons (Fsp3) is 0.600. The van der Waals surface area contributed by atoms with Crippen molar-refractivity contribution in [1.29, 1.82) is 0 Å². The molecular weight excluding hydrogens is 254 g/mol. The lowest BCUT2D eigenvalue weighted by molar-refractivity contribution is -0.143. The second-order valence-electron chi connectivity index (χ2n) is 5.46. The third-order valence-electron chi connectivity index (χ3n) is 3.89. The van der Waals surface area contributed by atoms with Gasteiger partial charge in [0.15, 0.2) is 0 Å². The van der Waals surface area contributed by atoms with Crippen LogP contribution in [0.1, 0.15) is 25.5 Å². The normalized spacial score (nSPS) is 20.8. The van der Waals surface area contributed by atoms with Crippen molar-refractivity contribution < 1.29 is 9.90 Å². The Kier molecular flexibility index (Phi) is 4.95. The van der Waals surface area contributed by atoms with E-state index in [-0.39, 0.29) is 6.04 Å². The first kappa shape index (κ1) is 14.8. The molecule has 20 heavy (non-hydrogen) atoms. The molecule has 1 aliphatic rings. The molecule has 2 rings (SSSR count). The summed E-state index contributed by atoms with van der Waals surface area (Å²) in [4.78, 5) is 17.7. The predicted molar refractivity (Wildman–Crippen MR) is 78.9 cm³/mol. The smallest absolute Gasteiger partial charge is 0.320 e. The van der Waals surface area contributed by atoms with E-state index < -0.39 is 5.97 Å². The number of hydrogen-bond acceptors (Lipinski definition) is 4. The van der Waals surface area contributed by atoms with Crippen LogP contribution in [0.15, 0.2) is 18.2 Å². The highest BCUT2D eigenvalue weighted by atomic mass is 16.4. The van der Waals surface area contributed by atoms with Gasteiger partial charge in [0.05, 0.1) is 0 Å². The van der Waals surface area contributed by atoms with Crippen LogP contribution in [0.3, 0.4) is 0 Å². The zero-order valence-corrected chi connectivity index (χ0v) is 12.2. The van der Waals surface area contributed by atoms with Gasteiger partial charge in [0.1, 0.15) is 11.9 Å². The van der Waals surface area contributed by atoms with E-state index >= 15 is 0 Å². The van der Waals surface area contributed by atoms with Gasteiger partial charge >= 0.3 is 5.97 Å². The third kappa shape index (κ3) is 3.70. The minimum absolute atomic E-state index is 0.336. The molecule has 110 valence electrons. The van der Waals surface area contributed by atoms with E-state index in [9.17, 15) is 9.90 Å². The minimum atomic E-state index is -0.707. The van der Waals surface area contributed by atoms with E-state index in [1.807, 2.05) is 32.0 Å². The van der Waals surface area contributed by atoms with E-state index in [0.29, 0.717) is 12.3 Å². The van der Waals surface area contributed by atoms with E-state index in [4.69, 9.17) is 0 Å². The van der Waals surface area contributed by atoms with Crippen LogP contribution in [0, 0.1) is 12.8 Å². The molecule has 5 nitrogen and oxygen atoms in total. The monoisotopic (exact) mass is 277 g/mol. The van der Waals surface area contributed by atoms with Crippen LogP contribution < -0.4 is 5.32 Å². The molecule has 0 aliphatic carbocycles. The topological polar surface area (TPSA) is 65.5 Å². The van der Waals surface area contributed by atoms with E-state index in [0.717, 1.165) is 37.6 Å². The molecule has 0 spiro atoms. The van der Waals surface area contributed by atoms with Gasteiger partial charge < -0.3 is 10.4 Å². The fourth-order valence-corrected chi connectivity index (χ4v) is 2.79. The number of aliphatic carboxylic acids is 1. The summed E-state index contributed by atoms with van der Waals surface area (Å²) in [5, 5.41) is 12.5. The number of pyridine rings is 1. The molecule has 2 N–H and O–H groups in total. The number of aromatic nitrogens is 1. The highest BCUT2D eigenvalue weighted by Crippen LogP contribution is 2.20.